The third kappa shape index (κ3) is 8.53. The van der Waals surface area contributed by atoms with Gasteiger partial charge in [0.05, 0.1) is 25.0 Å². The summed E-state index contributed by atoms with van der Waals surface area (Å²) in [6.45, 7) is 5.35. The Hall–Kier alpha value is -4.14. The lowest BCUT2D eigenvalue weighted by Crippen LogP contribution is -2.45. The topological polar surface area (TPSA) is 128 Å². The average molecular weight is 645 g/mol. The molecule has 1 aliphatic heterocycles. The van der Waals surface area contributed by atoms with E-state index in [1.807, 2.05) is 20.8 Å². The molecule has 0 radical (unpaired) electrons. The summed E-state index contributed by atoms with van der Waals surface area (Å²) in [5.41, 5.74) is 0.765. The van der Waals surface area contributed by atoms with Crippen LogP contribution >= 0.6 is 11.6 Å². The number of piperidine rings is 1. The lowest BCUT2D eigenvalue weighted by Gasteiger charge is -2.32. The number of nitrogens with zero attached hydrogens (tertiary/aromatic N) is 6. The maximum absolute atomic E-state index is 13.3. The SMILES string of the molecule is CC(C)(C)OC(=O)CNC1CCN(CCn2cc(NC(=O)c3cnn4cccnc34)c(-c3cc(Cl)ccc3OC(F)F)n2)CC1. The lowest BCUT2D eigenvalue weighted by molar-refractivity contribution is -0.153. The Kier molecular flexibility index (Phi) is 9.95. The van der Waals surface area contributed by atoms with Gasteiger partial charge in [-0.05, 0) is 71.0 Å². The monoisotopic (exact) mass is 644 g/mol. The van der Waals surface area contributed by atoms with Crippen LogP contribution in [0.3, 0.4) is 0 Å². The number of hydrogen-bond donors (Lipinski definition) is 2. The van der Waals surface area contributed by atoms with E-state index in [2.05, 4.69) is 30.7 Å². The van der Waals surface area contributed by atoms with Gasteiger partial charge in [-0.2, -0.15) is 19.0 Å². The highest BCUT2D eigenvalue weighted by Crippen LogP contribution is 2.37. The molecule has 3 aromatic heterocycles. The van der Waals surface area contributed by atoms with Gasteiger partial charge < -0.3 is 25.0 Å². The Morgan fingerprint density at radius 3 is 2.69 bits per heavy atom. The van der Waals surface area contributed by atoms with E-state index in [0.29, 0.717) is 18.7 Å². The van der Waals surface area contributed by atoms with Gasteiger partial charge >= 0.3 is 12.6 Å². The van der Waals surface area contributed by atoms with Crippen molar-refractivity contribution in [3.63, 3.8) is 0 Å². The molecule has 2 N–H and O–H groups in total. The second kappa shape index (κ2) is 13.9. The Bertz CT molecular complexity index is 1650. The van der Waals surface area contributed by atoms with E-state index in [9.17, 15) is 18.4 Å². The van der Waals surface area contributed by atoms with Crippen molar-refractivity contribution in [3.8, 4) is 17.0 Å². The highest BCUT2D eigenvalue weighted by Gasteiger charge is 2.24. The Labute approximate surface area is 263 Å². The van der Waals surface area contributed by atoms with Gasteiger partial charge in [0.15, 0.2) is 5.65 Å². The van der Waals surface area contributed by atoms with Crippen molar-refractivity contribution in [2.45, 2.75) is 58.4 Å². The zero-order valence-corrected chi connectivity index (χ0v) is 25.9. The van der Waals surface area contributed by atoms with Crippen molar-refractivity contribution >= 4 is 34.8 Å². The fourth-order valence-corrected chi connectivity index (χ4v) is 5.27. The predicted octanol–water partition coefficient (Wildman–Crippen LogP) is 4.50. The molecule has 12 nitrogen and oxygen atoms in total. The number of fused-ring (bicyclic) bond motifs is 1. The molecule has 0 spiro atoms. The molecule has 1 aromatic carbocycles. The smallest absolute Gasteiger partial charge is 0.387 e. The third-order valence-electron chi connectivity index (χ3n) is 7.13. The highest BCUT2D eigenvalue weighted by atomic mass is 35.5. The summed E-state index contributed by atoms with van der Waals surface area (Å²) in [6, 6.07) is 6.14. The minimum absolute atomic E-state index is 0.131. The summed E-state index contributed by atoms with van der Waals surface area (Å²) in [5, 5.41) is 15.2. The second-order valence-corrected chi connectivity index (χ2v) is 12.1. The number of aromatic nitrogens is 5. The number of alkyl halides is 2. The molecule has 1 saturated heterocycles. The largest absolute Gasteiger partial charge is 0.459 e. The number of nitrogens with one attached hydrogen (secondary N) is 2. The number of carbonyl (C=O) groups excluding carboxylic acids is 2. The van der Waals surface area contributed by atoms with Crippen LogP contribution in [0.15, 0.2) is 49.1 Å². The van der Waals surface area contributed by atoms with Gasteiger partial charge in [-0.25, -0.2) is 9.50 Å². The van der Waals surface area contributed by atoms with E-state index in [1.165, 1.54) is 28.9 Å². The van der Waals surface area contributed by atoms with E-state index in [-0.39, 0.29) is 51.8 Å². The van der Waals surface area contributed by atoms with Gasteiger partial charge in [0.1, 0.15) is 22.6 Å². The summed E-state index contributed by atoms with van der Waals surface area (Å²) in [5.74, 6) is -0.903. The first-order valence-corrected chi connectivity index (χ1v) is 14.9. The standard InChI is InChI=1S/C30H35ClF2N8O4/c1-30(2,3)45-25(42)17-35-20-7-11-39(12-8-20)13-14-40-18-23(37-28(43)22-16-36-41-10-4-9-34-27(22)41)26(38-40)21-15-19(31)5-6-24(21)44-29(32)33/h4-6,9-10,15-16,18,20,29,35H,7-8,11-14,17H2,1-3H3,(H,37,43). The fourth-order valence-electron chi connectivity index (χ4n) is 5.10. The molecule has 5 rings (SSSR count). The number of esters is 1. The average Bonchev–Trinajstić information content (AvgIpc) is 3.59. The van der Waals surface area contributed by atoms with E-state index in [0.717, 1.165) is 25.9 Å². The van der Waals surface area contributed by atoms with Crippen molar-refractivity contribution in [3.05, 3.63) is 59.6 Å². The number of benzene rings is 1. The van der Waals surface area contributed by atoms with Crippen LogP contribution in [0.1, 0.15) is 44.0 Å². The number of hydrogen-bond acceptors (Lipinski definition) is 9. The van der Waals surface area contributed by atoms with Crippen molar-refractivity contribution < 1.29 is 27.8 Å². The van der Waals surface area contributed by atoms with Crippen LogP contribution < -0.4 is 15.4 Å². The van der Waals surface area contributed by atoms with Crippen LogP contribution in [0, 0.1) is 0 Å². The number of anilines is 1. The van der Waals surface area contributed by atoms with E-state index in [4.69, 9.17) is 21.1 Å². The number of carbonyl (C=O) groups is 2. The molecule has 240 valence electrons. The molecule has 4 heterocycles. The summed E-state index contributed by atoms with van der Waals surface area (Å²) in [7, 11) is 0. The summed E-state index contributed by atoms with van der Waals surface area (Å²) >= 11 is 6.24. The van der Waals surface area contributed by atoms with Gasteiger partial charge in [0.2, 0.25) is 0 Å². The van der Waals surface area contributed by atoms with Crippen LogP contribution in [0.4, 0.5) is 14.5 Å². The Balaban J connectivity index is 1.29. The minimum Gasteiger partial charge on any atom is -0.459 e. The van der Waals surface area contributed by atoms with Gasteiger partial charge in [-0.1, -0.05) is 11.6 Å². The van der Waals surface area contributed by atoms with Gasteiger partial charge in [0.25, 0.3) is 5.91 Å². The first-order valence-electron chi connectivity index (χ1n) is 14.5. The summed E-state index contributed by atoms with van der Waals surface area (Å²) in [4.78, 5) is 31.9. The number of likely N-dealkylation sites (tertiary alicyclic amines) is 1. The molecule has 1 aliphatic rings. The number of halogens is 3. The van der Waals surface area contributed by atoms with Crippen LogP contribution in [-0.2, 0) is 16.1 Å². The quantitative estimate of drug-likeness (QED) is 0.227. The van der Waals surface area contributed by atoms with Gasteiger partial charge in [-0.3, -0.25) is 14.3 Å². The van der Waals surface area contributed by atoms with Crippen LogP contribution in [0.2, 0.25) is 5.02 Å². The molecule has 4 aromatic rings. The number of rotatable bonds is 11. The van der Waals surface area contributed by atoms with E-state index < -0.39 is 18.1 Å². The maximum Gasteiger partial charge on any atom is 0.387 e. The zero-order valence-electron chi connectivity index (χ0n) is 25.2. The van der Waals surface area contributed by atoms with Crippen molar-refractivity contribution in [2.24, 2.45) is 0 Å². The fraction of sp³-hybridized carbons (Fsp3) is 0.433. The molecular weight excluding hydrogens is 610 g/mol. The molecule has 0 unspecified atom stereocenters. The van der Waals surface area contributed by atoms with Crippen LogP contribution in [-0.4, -0.2) is 85.6 Å². The second-order valence-electron chi connectivity index (χ2n) is 11.7. The van der Waals surface area contributed by atoms with Crippen LogP contribution in [0.25, 0.3) is 16.9 Å². The predicted molar refractivity (Wildman–Crippen MR) is 164 cm³/mol. The molecule has 1 amide bonds. The third-order valence-corrected chi connectivity index (χ3v) is 7.37. The molecule has 45 heavy (non-hydrogen) atoms. The molecule has 0 bridgehead atoms. The molecular formula is C30H35ClF2N8O4. The lowest BCUT2D eigenvalue weighted by atomic mass is 10.1. The zero-order chi connectivity index (χ0) is 32.1. The van der Waals surface area contributed by atoms with E-state index >= 15 is 0 Å². The first-order chi connectivity index (χ1) is 21.4. The first kappa shape index (κ1) is 32.3. The van der Waals surface area contributed by atoms with Crippen molar-refractivity contribution in [2.75, 3.05) is 31.5 Å². The van der Waals surface area contributed by atoms with Gasteiger partial charge in [0, 0.05) is 41.8 Å². The minimum atomic E-state index is -3.07. The molecule has 15 heteroatoms. The molecule has 0 atom stereocenters. The molecule has 0 saturated carbocycles. The van der Waals surface area contributed by atoms with Crippen molar-refractivity contribution in [1.82, 2.24) is 34.6 Å². The van der Waals surface area contributed by atoms with Crippen LogP contribution in [0.5, 0.6) is 5.75 Å². The van der Waals surface area contributed by atoms with E-state index in [1.54, 1.807) is 29.3 Å². The molecule has 0 aliphatic carbocycles. The van der Waals surface area contributed by atoms with Crippen molar-refractivity contribution in [1.29, 1.82) is 0 Å². The summed E-state index contributed by atoms with van der Waals surface area (Å²) in [6.07, 6.45) is 7.99. The number of amides is 1. The van der Waals surface area contributed by atoms with Gasteiger partial charge in [-0.15, -0.1) is 0 Å². The number of ether oxygens (including phenoxy) is 2. The summed E-state index contributed by atoms with van der Waals surface area (Å²) < 4.78 is 39.8. The Morgan fingerprint density at radius 2 is 1.96 bits per heavy atom. The molecule has 1 fully saturated rings. The maximum atomic E-state index is 13.3. The highest BCUT2D eigenvalue weighted by molar-refractivity contribution is 6.31. The normalized spacial score (nSPS) is 14.6. The Morgan fingerprint density at radius 1 is 1.18 bits per heavy atom.